The minimum Gasteiger partial charge on any atom is -0.461 e. The van der Waals surface area contributed by atoms with Gasteiger partial charge in [0, 0.05) is 18.8 Å². The summed E-state index contributed by atoms with van der Waals surface area (Å²) in [5.74, 6) is 0.00621. The molecule has 0 spiro atoms. The Balaban J connectivity index is 1.92. The van der Waals surface area contributed by atoms with Gasteiger partial charge < -0.3 is 14.1 Å². The highest BCUT2D eigenvalue weighted by atomic mass is 16.5. The average molecular weight is 286 g/mol. The molecule has 1 saturated heterocycles. The van der Waals surface area contributed by atoms with Gasteiger partial charge in [-0.3, -0.25) is 0 Å². The summed E-state index contributed by atoms with van der Waals surface area (Å²) in [6.45, 7) is 4.18. The Morgan fingerprint density at radius 1 is 1.33 bits per heavy atom. The van der Waals surface area contributed by atoms with Crippen LogP contribution < -0.4 is 4.90 Å². The molecule has 0 saturated carbocycles. The molecular weight excluding hydrogens is 268 g/mol. The maximum Gasteiger partial charge on any atom is 0.360 e. The average Bonchev–Trinajstić information content (AvgIpc) is 3.19. The zero-order valence-corrected chi connectivity index (χ0v) is 12.0. The Morgan fingerprint density at radius 3 is 2.86 bits per heavy atom. The highest BCUT2D eigenvalue weighted by Crippen LogP contribution is 2.32. The van der Waals surface area contributed by atoms with Gasteiger partial charge in [0.2, 0.25) is 5.89 Å². The third-order valence-electron chi connectivity index (χ3n) is 3.57. The van der Waals surface area contributed by atoms with Crippen LogP contribution in [0.3, 0.4) is 0 Å². The van der Waals surface area contributed by atoms with Crippen molar-refractivity contribution >= 4 is 11.7 Å². The summed E-state index contributed by atoms with van der Waals surface area (Å²) in [5, 5.41) is 0. The number of oxazole rings is 1. The fourth-order valence-corrected chi connectivity index (χ4v) is 2.58. The van der Waals surface area contributed by atoms with Gasteiger partial charge in [0.05, 0.1) is 12.2 Å². The Hall–Kier alpha value is -2.30. The van der Waals surface area contributed by atoms with E-state index >= 15 is 0 Å². The Morgan fingerprint density at radius 2 is 2.10 bits per heavy atom. The van der Waals surface area contributed by atoms with Crippen molar-refractivity contribution in [2.45, 2.75) is 19.8 Å². The van der Waals surface area contributed by atoms with Gasteiger partial charge in [0.25, 0.3) is 0 Å². The zero-order chi connectivity index (χ0) is 14.7. The first-order chi connectivity index (χ1) is 10.3. The summed E-state index contributed by atoms with van der Waals surface area (Å²) < 4.78 is 10.4. The molecule has 5 nitrogen and oxygen atoms in total. The van der Waals surface area contributed by atoms with Crippen LogP contribution >= 0.6 is 0 Å². The standard InChI is InChI=1S/C16H18N2O3/c1-2-20-16(19)13-11-21-15(17-13)12-7-3-4-8-14(12)18-9-5-6-10-18/h3-4,7-8,11H,2,5-6,9-10H2,1H3. The van der Waals surface area contributed by atoms with Crippen molar-refractivity contribution in [3.05, 3.63) is 36.2 Å². The van der Waals surface area contributed by atoms with Gasteiger partial charge >= 0.3 is 5.97 Å². The van der Waals surface area contributed by atoms with Gasteiger partial charge in [-0.2, -0.15) is 0 Å². The predicted octanol–water partition coefficient (Wildman–Crippen LogP) is 3.12. The maximum absolute atomic E-state index is 11.7. The molecule has 2 aromatic rings. The number of nitrogens with zero attached hydrogens (tertiary/aromatic N) is 2. The van der Waals surface area contributed by atoms with Crippen molar-refractivity contribution in [2.24, 2.45) is 0 Å². The highest BCUT2D eigenvalue weighted by Gasteiger charge is 2.20. The van der Waals surface area contributed by atoms with E-state index in [4.69, 9.17) is 9.15 Å². The third kappa shape index (κ3) is 2.77. The molecule has 1 aromatic carbocycles. The van der Waals surface area contributed by atoms with Crippen LogP contribution in [0.25, 0.3) is 11.5 Å². The Labute approximate surface area is 123 Å². The lowest BCUT2D eigenvalue weighted by atomic mass is 10.1. The van der Waals surface area contributed by atoms with E-state index in [2.05, 4.69) is 16.0 Å². The van der Waals surface area contributed by atoms with Crippen molar-refractivity contribution in [1.29, 1.82) is 0 Å². The quantitative estimate of drug-likeness (QED) is 0.808. The van der Waals surface area contributed by atoms with Crippen molar-refractivity contribution in [2.75, 3.05) is 24.6 Å². The molecule has 2 heterocycles. The topological polar surface area (TPSA) is 55.6 Å². The first-order valence-electron chi connectivity index (χ1n) is 7.26. The van der Waals surface area contributed by atoms with Crippen LogP contribution in [0.15, 0.2) is 34.9 Å². The summed E-state index contributed by atoms with van der Waals surface area (Å²) in [7, 11) is 0. The second-order valence-electron chi connectivity index (χ2n) is 4.97. The number of carbonyl (C=O) groups is 1. The summed E-state index contributed by atoms with van der Waals surface area (Å²) in [6, 6.07) is 7.98. The van der Waals surface area contributed by atoms with Crippen LogP contribution in [0, 0.1) is 0 Å². The highest BCUT2D eigenvalue weighted by molar-refractivity contribution is 5.88. The van der Waals surface area contributed by atoms with Gasteiger partial charge in [0.1, 0.15) is 6.26 Å². The second-order valence-corrected chi connectivity index (χ2v) is 4.97. The van der Waals surface area contributed by atoms with E-state index in [-0.39, 0.29) is 5.69 Å². The number of rotatable bonds is 4. The molecule has 0 bridgehead atoms. The number of hydrogen-bond donors (Lipinski definition) is 0. The van der Waals surface area contributed by atoms with Gasteiger partial charge in [-0.25, -0.2) is 9.78 Å². The molecule has 0 N–H and O–H groups in total. The molecule has 0 amide bonds. The minimum absolute atomic E-state index is 0.211. The number of esters is 1. The summed E-state index contributed by atoms with van der Waals surface area (Å²) >= 11 is 0. The Bertz CT molecular complexity index is 630. The predicted molar refractivity (Wildman–Crippen MR) is 79.3 cm³/mol. The van der Waals surface area contributed by atoms with E-state index < -0.39 is 5.97 Å². The van der Waals surface area contributed by atoms with Crippen LogP contribution in [-0.4, -0.2) is 30.6 Å². The normalized spacial score (nSPS) is 14.4. The molecular formula is C16H18N2O3. The number of para-hydroxylation sites is 1. The molecule has 21 heavy (non-hydrogen) atoms. The molecule has 3 rings (SSSR count). The monoisotopic (exact) mass is 286 g/mol. The van der Waals surface area contributed by atoms with E-state index in [1.165, 1.54) is 19.1 Å². The molecule has 1 aliphatic rings. The van der Waals surface area contributed by atoms with Crippen LogP contribution in [0.5, 0.6) is 0 Å². The molecule has 1 aliphatic heterocycles. The first-order valence-corrected chi connectivity index (χ1v) is 7.26. The molecule has 5 heteroatoms. The van der Waals surface area contributed by atoms with Gasteiger partial charge in [-0.15, -0.1) is 0 Å². The maximum atomic E-state index is 11.7. The number of aromatic nitrogens is 1. The lowest BCUT2D eigenvalue weighted by Crippen LogP contribution is -2.18. The van der Waals surface area contributed by atoms with Gasteiger partial charge in [0.15, 0.2) is 5.69 Å². The SMILES string of the molecule is CCOC(=O)c1coc(-c2ccccc2N2CCCC2)n1. The second kappa shape index (κ2) is 5.99. The van der Waals surface area contributed by atoms with Crippen LogP contribution in [0.4, 0.5) is 5.69 Å². The minimum atomic E-state index is -0.453. The number of anilines is 1. The summed E-state index contributed by atoms with van der Waals surface area (Å²) in [5.41, 5.74) is 2.23. The summed E-state index contributed by atoms with van der Waals surface area (Å²) in [6.07, 6.45) is 3.76. The smallest absolute Gasteiger partial charge is 0.360 e. The lowest BCUT2D eigenvalue weighted by molar-refractivity contribution is 0.0519. The third-order valence-corrected chi connectivity index (χ3v) is 3.57. The number of ether oxygens (including phenoxy) is 1. The number of benzene rings is 1. The van der Waals surface area contributed by atoms with E-state index in [0.29, 0.717) is 12.5 Å². The van der Waals surface area contributed by atoms with E-state index in [9.17, 15) is 4.79 Å². The zero-order valence-electron chi connectivity index (χ0n) is 12.0. The molecule has 1 aromatic heterocycles. The van der Waals surface area contributed by atoms with E-state index in [1.807, 2.05) is 18.2 Å². The van der Waals surface area contributed by atoms with E-state index in [0.717, 1.165) is 24.3 Å². The summed E-state index contributed by atoms with van der Waals surface area (Å²) in [4.78, 5) is 18.3. The molecule has 0 unspecified atom stereocenters. The Kier molecular flexibility index (Phi) is 3.90. The van der Waals surface area contributed by atoms with Gasteiger partial charge in [-0.05, 0) is 31.9 Å². The number of carbonyl (C=O) groups excluding carboxylic acids is 1. The van der Waals surface area contributed by atoms with Crippen LogP contribution in [0.1, 0.15) is 30.3 Å². The van der Waals surface area contributed by atoms with Crippen LogP contribution in [0.2, 0.25) is 0 Å². The molecule has 0 atom stereocenters. The largest absolute Gasteiger partial charge is 0.461 e. The van der Waals surface area contributed by atoms with Gasteiger partial charge in [-0.1, -0.05) is 12.1 Å². The van der Waals surface area contributed by atoms with Crippen molar-refractivity contribution in [1.82, 2.24) is 4.98 Å². The first kappa shape index (κ1) is 13.7. The molecule has 110 valence electrons. The molecule has 1 fully saturated rings. The molecule has 0 radical (unpaired) electrons. The van der Waals surface area contributed by atoms with Crippen molar-refractivity contribution < 1.29 is 13.9 Å². The van der Waals surface area contributed by atoms with Crippen molar-refractivity contribution in [3.63, 3.8) is 0 Å². The lowest BCUT2D eigenvalue weighted by Gasteiger charge is -2.19. The number of hydrogen-bond acceptors (Lipinski definition) is 5. The van der Waals surface area contributed by atoms with Crippen molar-refractivity contribution in [3.8, 4) is 11.5 Å². The fraction of sp³-hybridized carbons (Fsp3) is 0.375. The fourth-order valence-electron chi connectivity index (χ4n) is 2.58. The molecule has 0 aliphatic carbocycles. The van der Waals surface area contributed by atoms with E-state index in [1.54, 1.807) is 6.92 Å². The van der Waals surface area contributed by atoms with Crippen LogP contribution in [-0.2, 0) is 4.74 Å².